The number of hydrogen-bond acceptors (Lipinski definition) is 4. The third-order valence-electron chi connectivity index (χ3n) is 4.49. The van der Waals surface area contributed by atoms with Gasteiger partial charge in [0.25, 0.3) is 0 Å². The number of benzene rings is 1. The molecule has 1 aromatic carbocycles. The first kappa shape index (κ1) is 15.1. The lowest BCUT2D eigenvalue weighted by atomic mass is 9.97. The van der Waals surface area contributed by atoms with Crippen molar-refractivity contribution >= 4 is 16.6 Å². The van der Waals surface area contributed by atoms with E-state index in [1.54, 1.807) is 14.2 Å². The van der Waals surface area contributed by atoms with E-state index < -0.39 is 0 Å². The van der Waals surface area contributed by atoms with Gasteiger partial charge >= 0.3 is 0 Å². The third kappa shape index (κ3) is 2.88. The molecule has 0 N–H and O–H groups in total. The van der Waals surface area contributed by atoms with Crippen molar-refractivity contribution in [3.05, 3.63) is 30.0 Å². The first-order valence-electron chi connectivity index (χ1n) is 7.91. The molecule has 118 valence electrons. The van der Waals surface area contributed by atoms with Crippen LogP contribution in [0.4, 0.5) is 5.69 Å². The predicted octanol–water partition coefficient (Wildman–Crippen LogP) is 3.41. The topological polar surface area (TPSA) is 34.6 Å². The Morgan fingerprint density at radius 3 is 2.68 bits per heavy atom. The van der Waals surface area contributed by atoms with Crippen molar-refractivity contribution in [1.29, 1.82) is 0 Å². The molecule has 2 heterocycles. The van der Waals surface area contributed by atoms with Crippen LogP contribution in [0.2, 0.25) is 0 Å². The van der Waals surface area contributed by atoms with Crippen molar-refractivity contribution in [2.24, 2.45) is 5.92 Å². The standard InChI is InChI=1S/C18H24N2O2/c1-13-11-16(20-9-7-14(8-10-20)12-21-2)15-5-4-6-17(22-3)18(15)19-13/h4-6,11,14H,7-10,12H2,1-3H3. The number of aromatic nitrogens is 1. The molecule has 3 rings (SSSR count). The molecule has 4 nitrogen and oxygen atoms in total. The summed E-state index contributed by atoms with van der Waals surface area (Å²) in [6.45, 7) is 5.07. The second-order valence-corrected chi connectivity index (χ2v) is 6.02. The van der Waals surface area contributed by atoms with Crippen LogP contribution < -0.4 is 9.64 Å². The van der Waals surface area contributed by atoms with Gasteiger partial charge < -0.3 is 14.4 Å². The molecule has 0 atom stereocenters. The highest BCUT2D eigenvalue weighted by Crippen LogP contribution is 2.34. The van der Waals surface area contributed by atoms with Gasteiger partial charge in [-0.05, 0) is 37.8 Å². The average Bonchev–Trinajstić information content (AvgIpc) is 2.54. The molecule has 0 amide bonds. The largest absolute Gasteiger partial charge is 0.494 e. The zero-order valence-corrected chi connectivity index (χ0v) is 13.6. The Kier molecular flexibility index (Phi) is 4.48. The maximum atomic E-state index is 5.48. The maximum Gasteiger partial charge on any atom is 0.145 e. The van der Waals surface area contributed by atoms with E-state index in [-0.39, 0.29) is 0 Å². The highest BCUT2D eigenvalue weighted by Gasteiger charge is 2.21. The summed E-state index contributed by atoms with van der Waals surface area (Å²) in [5, 5.41) is 1.18. The van der Waals surface area contributed by atoms with Crippen LogP contribution in [0.5, 0.6) is 5.75 Å². The van der Waals surface area contributed by atoms with E-state index in [0.29, 0.717) is 5.92 Å². The summed E-state index contributed by atoms with van der Waals surface area (Å²) in [6, 6.07) is 8.35. The summed E-state index contributed by atoms with van der Waals surface area (Å²) in [5.74, 6) is 1.53. The molecule has 0 unspecified atom stereocenters. The number of para-hydroxylation sites is 1. The van der Waals surface area contributed by atoms with E-state index in [1.807, 2.05) is 19.1 Å². The van der Waals surface area contributed by atoms with Crippen LogP contribution >= 0.6 is 0 Å². The highest BCUT2D eigenvalue weighted by molar-refractivity contribution is 5.95. The molecule has 0 bridgehead atoms. The number of pyridine rings is 1. The quantitative estimate of drug-likeness (QED) is 0.866. The molecule has 2 aromatic rings. The maximum absolute atomic E-state index is 5.48. The number of rotatable bonds is 4. The molecule has 1 aliphatic heterocycles. The molecule has 1 aromatic heterocycles. The molecular formula is C18H24N2O2. The zero-order valence-electron chi connectivity index (χ0n) is 13.6. The van der Waals surface area contributed by atoms with Crippen LogP contribution in [0.15, 0.2) is 24.3 Å². The number of methoxy groups -OCH3 is 2. The summed E-state index contributed by atoms with van der Waals surface area (Å²) in [4.78, 5) is 7.15. The van der Waals surface area contributed by atoms with Crippen LogP contribution in [0.1, 0.15) is 18.5 Å². The van der Waals surface area contributed by atoms with Crippen molar-refractivity contribution in [2.45, 2.75) is 19.8 Å². The summed E-state index contributed by atoms with van der Waals surface area (Å²) >= 11 is 0. The van der Waals surface area contributed by atoms with Crippen LogP contribution in [-0.4, -0.2) is 38.9 Å². The number of anilines is 1. The molecule has 1 aliphatic rings. The first-order valence-corrected chi connectivity index (χ1v) is 7.91. The Hall–Kier alpha value is -1.81. The third-order valence-corrected chi connectivity index (χ3v) is 4.49. The number of piperidine rings is 1. The minimum atomic E-state index is 0.685. The van der Waals surface area contributed by atoms with Gasteiger partial charge in [-0.2, -0.15) is 0 Å². The van der Waals surface area contributed by atoms with Gasteiger partial charge in [0.2, 0.25) is 0 Å². The van der Waals surface area contributed by atoms with Gasteiger partial charge in [0, 0.05) is 43.6 Å². The molecular weight excluding hydrogens is 276 g/mol. The van der Waals surface area contributed by atoms with Gasteiger partial charge in [0.05, 0.1) is 7.11 Å². The number of ether oxygens (including phenoxy) is 2. The fraction of sp³-hybridized carbons (Fsp3) is 0.500. The Morgan fingerprint density at radius 2 is 2.00 bits per heavy atom. The van der Waals surface area contributed by atoms with Crippen LogP contribution in [0, 0.1) is 12.8 Å². The average molecular weight is 300 g/mol. The molecule has 0 radical (unpaired) electrons. The Morgan fingerprint density at radius 1 is 1.23 bits per heavy atom. The van der Waals surface area contributed by atoms with Gasteiger partial charge in [-0.15, -0.1) is 0 Å². The van der Waals surface area contributed by atoms with Crippen LogP contribution in [0.3, 0.4) is 0 Å². The van der Waals surface area contributed by atoms with Crippen molar-refractivity contribution in [3.8, 4) is 5.75 Å². The number of nitrogens with zero attached hydrogens (tertiary/aromatic N) is 2. The Bertz CT molecular complexity index is 649. The van der Waals surface area contributed by atoms with Gasteiger partial charge in [0.15, 0.2) is 0 Å². The molecule has 1 fully saturated rings. The molecule has 22 heavy (non-hydrogen) atoms. The first-order chi connectivity index (χ1) is 10.7. The fourth-order valence-electron chi connectivity index (χ4n) is 3.33. The normalized spacial score (nSPS) is 16.2. The van der Waals surface area contributed by atoms with Gasteiger partial charge in [-0.3, -0.25) is 0 Å². The number of aryl methyl sites for hydroxylation is 1. The van der Waals surface area contributed by atoms with Crippen molar-refractivity contribution in [3.63, 3.8) is 0 Å². The summed E-state index contributed by atoms with van der Waals surface area (Å²) in [7, 11) is 3.49. The molecule has 0 saturated carbocycles. The molecule has 0 spiro atoms. The van der Waals surface area contributed by atoms with E-state index in [4.69, 9.17) is 9.47 Å². The fourth-order valence-corrected chi connectivity index (χ4v) is 3.33. The van der Waals surface area contributed by atoms with E-state index in [2.05, 4.69) is 22.0 Å². The monoisotopic (exact) mass is 300 g/mol. The molecule has 0 aliphatic carbocycles. The second kappa shape index (κ2) is 6.53. The number of fused-ring (bicyclic) bond motifs is 1. The Labute approximate surface area is 132 Å². The molecule has 1 saturated heterocycles. The van der Waals surface area contributed by atoms with E-state index in [1.165, 1.54) is 23.9 Å². The highest BCUT2D eigenvalue weighted by atomic mass is 16.5. The SMILES string of the molecule is COCC1CCN(c2cc(C)nc3c(OC)cccc23)CC1. The summed E-state index contributed by atoms with van der Waals surface area (Å²) in [5.41, 5.74) is 3.27. The minimum absolute atomic E-state index is 0.685. The van der Waals surface area contributed by atoms with Crippen molar-refractivity contribution in [1.82, 2.24) is 4.98 Å². The van der Waals surface area contributed by atoms with Crippen molar-refractivity contribution in [2.75, 3.05) is 38.8 Å². The van der Waals surface area contributed by atoms with Gasteiger partial charge in [0.1, 0.15) is 11.3 Å². The second-order valence-electron chi connectivity index (χ2n) is 6.02. The van der Waals surface area contributed by atoms with Crippen molar-refractivity contribution < 1.29 is 9.47 Å². The minimum Gasteiger partial charge on any atom is -0.494 e. The molecule has 4 heteroatoms. The van der Waals surface area contributed by atoms with Crippen LogP contribution in [0.25, 0.3) is 10.9 Å². The lowest BCUT2D eigenvalue weighted by Gasteiger charge is -2.34. The zero-order chi connectivity index (χ0) is 15.5. The van der Waals surface area contributed by atoms with E-state index in [9.17, 15) is 0 Å². The van der Waals surface area contributed by atoms with E-state index >= 15 is 0 Å². The Balaban J connectivity index is 1.94. The van der Waals surface area contributed by atoms with Crippen LogP contribution in [-0.2, 0) is 4.74 Å². The summed E-state index contributed by atoms with van der Waals surface area (Å²) in [6.07, 6.45) is 2.36. The summed E-state index contributed by atoms with van der Waals surface area (Å²) < 4.78 is 10.8. The van der Waals surface area contributed by atoms with Gasteiger partial charge in [-0.1, -0.05) is 12.1 Å². The predicted molar refractivity (Wildman–Crippen MR) is 89.8 cm³/mol. The smallest absolute Gasteiger partial charge is 0.145 e. The van der Waals surface area contributed by atoms with E-state index in [0.717, 1.165) is 36.7 Å². The lowest BCUT2D eigenvalue weighted by Crippen LogP contribution is -2.35. The lowest BCUT2D eigenvalue weighted by molar-refractivity contribution is 0.139. The number of hydrogen-bond donors (Lipinski definition) is 0. The van der Waals surface area contributed by atoms with Gasteiger partial charge in [-0.25, -0.2) is 4.98 Å².